The van der Waals surface area contributed by atoms with Gasteiger partial charge in [-0.1, -0.05) is 6.92 Å². The number of nitrogens with zero attached hydrogens (tertiary/aromatic N) is 2. The largest absolute Gasteiger partial charge is 0.357 e. The number of hydrogen-bond acceptors (Lipinski definition) is 1. The molecule has 0 atom stereocenters. The topological polar surface area (TPSA) is 37.3 Å². The highest BCUT2D eigenvalue weighted by molar-refractivity contribution is 5.74. The number of aromatic nitrogens is 1. The molecular formula is C13H21N3O. The van der Waals surface area contributed by atoms with Crippen LogP contribution >= 0.6 is 0 Å². The molecule has 0 saturated carbocycles. The third kappa shape index (κ3) is 3.25. The Bertz CT molecular complexity index is 378. The fraction of sp³-hybridized carbons (Fsp3) is 0.615. The molecule has 1 aliphatic rings. The number of carbonyl (C=O) groups excluding carboxylic acids is 1. The van der Waals surface area contributed by atoms with Crippen LogP contribution in [-0.4, -0.2) is 28.6 Å². The highest BCUT2D eigenvalue weighted by Crippen LogP contribution is 2.15. The molecule has 0 bridgehead atoms. The first kappa shape index (κ1) is 12.0. The van der Waals surface area contributed by atoms with Crippen LogP contribution in [0.25, 0.3) is 0 Å². The second-order valence-corrected chi connectivity index (χ2v) is 5.01. The minimum absolute atomic E-state index is 0.0701. The van der Waals surface area contributed by atoms with E-state index in [2.05, 4.69) is 12.2 Å². The molecule has 94 valence electrons. The van der Waals surface area contributed by atoms with Gasteiger partial charge in [-0.15, -0.1) is 0 Å². The van der Waals surface area contributed by atoms with E-state index >= 15 is 0 Å². The van der Waals surface area contributed by atoms with Crippen LogP contribution in [0.4, 0.5) is 4.79 Å². The van der Waals surface area contributed by atoms with Gasteiger partial charge in [0.05, 0.1) is 0 Å². The second-order valence-electron chi connectivity index (χ2n) is 5.01. The summed E-state index contributed by atoms with van der Waals surface area (Å²) in [6.45, 7) is 4.65. The molecule has 0 unspecified atom stereocenters. The van der Waals surface area contributed by atoms with Gasteiger partial charge in [0.25, 0.3) is 0 Å². The Kier molecular flexibility index (Phi) is 3.71. The first-order chi connectivity index (χ1) is 8.15. The SMILES string of the molecule is CC1CCN(C(=O)NCc2ccn(C)c2)CC1. The van der Waals surface area contributed by atoms with Crippen LogP contribution in [0, 0.1) is 5.92 Å². The molecule has 0 aromatic carbocycles. The number of hydrogen-bond donors (Lipinski definition) is 1. The van der Waals surface area contributed by atoms with E-state index in [9.17, 15) is 4.79 Å². The van der Waals surface area contributed by atoms with Crippen molar-refractivity contribution in [3.05, 3.63) is 24.0 Å². The van der Waals surface area contributed by atoms with E-state index in [1.54, 1.807) is 0 Å². The van der Waals surface area contributed by atoms with Gasteiger partial charge in [-0.25, -0.2) is 4.79 Å². The van der Waals surface area contributed by atoms with Crippen LogP contribution in [0.1, 0.15) is 25.3 Å². The third-order valence-electron chi connectivity index (χ3n) is 3.41. The first-order valence-electron chi connectivity index (χ1n) is 6.29. The quantitative estimate of drug-likeness (QED) is 0.836. The van der Waals surface area contributed by atoms with Crippen molar-refractivity contribution in [2.24, 2.45) is 13.0 Å². The van der Waals surface area contributed by atoms with E-state index < -0.39 is 0 Å². The summed E-state index contributed by atoms with van der Waals surface area (Å²) >= 11 is 0. The maximum absolute atomic E-state index is 11.9. The van der Waals surface area contributed by atoms with E-state index in [1.165, 1.54) is 0 Å². The highest BCUT2D eigenvalue weighted by Gasteiger charge is 2.19. The number of nitrogens with one attached hydrogen (secondary N) is 1. The summed E-state index contributed by atoms with van der Waals surface area (Å²) in [5.74, 6) is 0.758. The summed E-state index contributed by atoms with van der Waals surface area (Å²) < 4.78 is 1.99. The Morgan fingerprint density at radius 1 is 1.47 bits per heavy atom. The van der Waals surface area contributed by atoms with Crippen LogP contribution in [0.5, 0.6) is 0 Å². The molecule has 1 saturated heterocycles. The Hall–Kier alpha value is -1.45. The molecule has 0 radical (unpaired) electrons. The molecule has 2 rings (SSSR count). The van der Waals surface area contributed by atoms with Gasteiger partial charge in [0.2, 0.25) is 0 Å². The van der Waals surface area contributed by atoms with Gasteiger partial charge >= 0.3 is 6.03 Å². The van der Waals surface area contributed by atoms with Crippen LogP contribution in [0.15, 0.2) is 18.5 Å². The van der Waals surface area contributed by atoms with E-state index in [4.69, 9.17) is 0 Å². The number of urea groups is 1. The normalized spacial score (nSPS) is 17.2. The number of likely N-dealkylation sites (tertiary alicyclic amines) is 1. The number of aryl methyl sites for hydroxylation is 1. The van der Waals surface area contributed by atoms with Gasteiger partial charge < -0.3 is 14.8 Å². The van der Waals surface area contributed by atoms with Crippen molar-refractivity contribution in [2.75, 3.05) is 13.1 Å². The van der Waals surface area contributed by atoms with Crippen molar-refractivity contribution in [1.82, 2.24) is 14.8 Å². The van der Waals surface area contributed by atoms with Crippen molar-refractivity contribution in [3.8, 4) is 0 Å². The monoisotopic (exact) mass is 235 g/mol. The van der Waals surface area contributed by atoms with Crippen LogP contribution in [0.2, 0.25) is 0 Å². The molecule has 1 fully saturated rings. The third-order valence-corrected chi connectivity index (χ3v) is 3.41. The molecule has 0 aliphatic carbocycles. The zero-order chi connectivity index (χ0) is 12.3. The van der Waals surface area contributed by atoms with E-state index in [0.29, 0.717) is 6.54 Å². The molecule has 4 nitrogen and oxygen atoms in total. The van der Waals surface area contributed by atoms with Crippen LogP contribution in [0.3, 0.4) is 0 Å². The van der Waals surface area contributed by atoms with E-state index in [1.807, 2.05) is 35.0 Å². The lowest BCUT2D eigenvalue weighted by Crippen LogP contribution is -2.43. The lowest BCUT2D eigenvalue weighted by atomic mass is 10.00. The molecule has 17 heavy (non-hydrogen) atoms. The molecule has 4 heteroatoms. The van der Waals surface area contributed by atoms with Crippen molar-refractivity contribution in [1.29, 1.82) is 0 Å². The summed E-state index contributed by atoms with van der Waals surface area (Å²) in [5, 5.41) is 2.97. The molecule has 1 N–H and O–H groups in total. The second kappa shape index (κ2) is 5.25. The maximum Gasteiger partial charge on any atom is 0.317 e. The number of piperidine rings is 1. The Labute approximate surface area is 103 Å². The standard InChI is InChI=1S/C13H21N3O/c1-11-3-7-16(8-4-11)13(17)14-9-12-5-6-15(2)10-12/h5-6,10-11H,3-4,7-9H2,1-2H3,(H,14,17). The van der Waals surface area contributed by atoms with Crippen molar-refractivity contribution < 1.29 is 4.79 Å². The Morgan fingerprint density at radius 3 is 2.76 bits per heavy atom. The van der Waals surface area contributed by atoms with Gasteiger partial charge in [0.15, 0.2) is 0 Å². The van der Waals surface area contributed by atoms with E-state index in [0.717, 1.165) is 37.4 Å². The van der Waals surface area contributed by atoms with Gasteiger partial charge in [-0.2, -0.15) is 0 Å². The lowest BCUT2D eigenvalue weighted by Gasteiger charge is -2.30. The van der Waals surface area contributed by atoms with Gasteiger partial charge in [0.1, 0.15) is 0 Å². The van der Waals surface area contributed by atoms with Gasteiger partial charge in [-0.05, 0) is 30.4 Å². The molecule has 2 amide bonds. The summed E-state index contributed by atoms with van der Waals surface area (Å²) in [6, 6.07) is 2.10. The molecule has 1 aromatic heterocycles. The first-order valence-corrected chi connectivity index (χ1v) is 6.29. The summed E-state index contributed by atoms with van der Waals surface area (Å²) in [4.78, 5) is 13.8. The van der Waals surface area contributed by atoms with Crippen molar-refractivity contribution >= 4 is 6.03 Å². The Balaban J connectivity index is 1.77. The van der Waals surface area contributed by atoms with E-state index in [-0.39, 0.29) is 6.03 Å². The zero-order valence-corrected chi connectivity index (χ0v) is 10.6. The van der Waals surface area contributed by atoms with Gasteiger partial charge in [0, 0.05) is 39.1 Å². The highest BCUT2D eigenvalue weighted by atomic mass is 16.2. The zero-order valence-electron chi connectivity index (χ0n) is 10.6. The number of rotatable bonds is 2. The molecular weight excluding hydrogens is 214 g/mol. The number of amides is 2. The van der Waals surface area contributed by atoms with Crippen molar-refractivity contribution in [2.45, 2.75) is 26.3 Å². The molecule has 1 aromatic rings. The minimum atomic E-state index is 0.0701. The summed E-state index contributed by atoms with van der Waals surface area (Å²) in [5.41, 5.74) is 1.14. The molecule has 0 spiro atoms. The maximum atomic E-state index is 11.9. The van der Waals surface area contributed by atoms with Crippen LogP contribution < -0.4 is 5.32 Å². The fourth-order valence-corrected chi connectivity index (χ4v) is 2.17. The van der Waals surface area contributed by atoms with Gasteiger partial charge in [-0.3, -0.25) is 0 Å². The number of carbonyl (C=O) groups is 1. The molecule has 2 heterocycles. The average molecular weight is 235 g/mol. The smallest absolute Gasteiger partial charge is 0.317 e. The minimum Gasteiger partial charge on any atom is -0.357 e. The lowest BCUT2D eigenvalue weighted by molar-refractivity contribution is 0.173. The predicted octanol–water partition coefficient (Wildman–Crippen LogP) is 1.97. The Morgan fingerprint density at radius 2 is 2.18 bits per heavy atom. The summed E-state index contributed by atoms with van der Waals surface area (Å²) in [6.07, 6.45) is 6.26. The molecule has 1 aliphatic heterocycles. The van der Waals surface area contributed by atoms with Crippen LogP contribution in [-0.2, 0) is 13.6 Å². The fourth-order valence-electron chi connectivity index (χ4n) is 2.17. The average Bonchev–Trinajstić information content (AvgIpc) is 2.73. The predicted molar refractivity (Wildman–Crippen MR) is 67.6 cm³/mol. The van der Waals surface area contributed by atoms with Crippen molar-refractivity contribution in [3.63, 3.8) is 0 Å². The summed E-state index contributed by atoms with van der Waals surface area (Å²) in [7, 11) is 1.98.